The van der Waals surface area contributed by atoms with Gasteiger partial charge in [0.15, 0.2) is 0 Å². The van der Waals surface area contributed by atoms with Crippen LogP contribution in [0.2, 0.25) is 0 Å². The molecule has 0 aromatic heterocycles. The number of nitrogens with two attached hydrogens (primary N) is 1. The third kappa shape index (κ3) is 4.81. The van der Waals surface area contributed by atoms with Crippen LogP contribution < -0.4 is 11.1 Å². The highest BCUT2D eigenvalue weighted by atomic mass is 16.6. The number of rotatable bonds is 5. The van der Waals surface area contributed by atoms with Crippen LogP contribution in [0.5, 0.6) is 0 Å². The first-order valence-electron chi connectivity index (χ1n) is 8.74. The molecule has 0 aliphatic carbocycles. The van der Waals surface area contributed by atoms with Crippen molar-refractivity contribution in [2.24, 2.45) is 5.73 Å². The fourth-order valence-corrected chi connectivity index (χ4v) is 3.03. The van der Waals surface area contributed by atoms with E-state index in [1.165, 1.54) is 11.1 Å². The molecule has 1 fully saturated rings. The van der Waals surface area contributed by atoms with Gasteiger partial charge in [0.2, 0.25) is 0 Å². The lowest BCUT2D eigenvalue weighted by Crippen LogP contribution is -2.48. The molecule has 1 atom stereocenters. The van der Waals surface area contributed by atoms with E-state index in [9.17, 15) is 4.79 Å². The van der Waals surface area contributed by atoms with Crippen LogP contribution in [-0.4, -0.2) is 37.2 Å². The molecule has 1 unspecified atom stereocenters. The first kappa shape index (κ1) is 17.5. The van der Waals surface area contributed by atoms with Crippen LogP contribution in [0.4, 0.5) is 4.79 Å². The van der Waals surface area contributed by atoms with E-state index in [-0.39, 0.29) is 12.1 Å². The molecule has 1 aliphatic rings. The number of carbonyl (C=O) groups is 1. The van der Waals surface area contributed by atoms with Crippen LogP contribution in [0, 0.1) is 0 Å². The summed E-state index contributed by atoms with van der Waals surface area (Å²) in [6.07, 6.45) is 0.631. The Labute approximate surface area is 148 Å². The molecule has 5 heteroatoms. The smallest absolute Gasteiger partial charge is 0.410 e. The monoisotopic (exact) mass is 339 g/mol. The minimum Gasteiger partial charge on any atom is -0.445 e. The first-order chi connectivity index (χ1) is 12.3. The summed E-state index contributed by atoms with van der Waals surface area (Å²) >= 11 is 0. The Balaban J connectivity index is 1.55. The van der Waals surface area contributed by atoms with Gasteiger partial charge in [0.1, 0.15) is 6.61 Å². The van der Waals surface area contributed by atoms with Gasteiger partial charge in [0.05, 0.1) is 6.04 Å². The quantitative estimate of drug-likeness (QED) is 0.878. The lowest BCUT2D eigenvalue weighted by Gasteiger charge is -2.33. The van der Waals surface area contributed by atoms with E-state index in [1.807, 2.05) is 30.3 Å². The summed E-state index contributed by atoms with van der Waals surface area (Å²) < 4.78 is 5.45. The van der Waals surface area contributed by atoms with E-state index in [4.69, 9.17) is 10.5 Å². The minimum absolute atomic E-state index is 0.130. The number of carbonyl (C=O) groups excluding carboxylic acids is 1. The van der Waals surface area contributed by atoms with Gasteiger partial charge in [-0.15, -0.1) is 0 Å². The molecule has 5 nitrogen and oxygen atoms in total. The Kier molecular flexibility index (Phi) is 6.04. The summed E-state index contributed by atoms with van der Waals surface area (Å²) in [5, 5.41) is 3.47. The average molecular weight is 339 g/mol. The van der Waals surface area contributed by atoms with Crippen molar-refractivity contribution in [1.29, 1.82) is 0 Å². The Bertz CT molecular complexity index is 673. The van der Waals surface area contributed by atoms with Crippen molar-refractivity contribution in [2.75, 3.05) is 26.2 Å². The number of ether oxygens (including phenoxy) is 1. The Hall–Kier alpha value is -2.37. The lowest BCUT2D eigenvalue weighted by atomic mass is 10.0. The van der Waals surface area contributed by atoms with Crippen molar-refractivity contribution >= 4 is 6.09 Å². The zero-order valence-electron chi connectivity index (χ0n) is 14.4. The number of nitrogens with one attached hydrogen (secondary N) is 1. The summed E-state index contributed by atoms with van der Waals surface area (Å²) in [4.78, 5) is 14.1. The number of hydrogen-bond acceptors (Lipinski definition) is 4. The second kappa shape index (κ2) is 8.65. The standard InChI is InChI=1S/C20H25N3O2/c21-11-10-16-6-8-18(9-7-16)19-14-23(13-12-22-19)20(24)25-15-17-4-2-1-3-5-17/h1-9,19,22H,10-15,21H2. The fourth-order valence-electron chi connectivity index (χ4n) is 3.03. The molecule has 0 bridgehead atoms. The van der Waals surface area contributed by atoms with Crippen molar-refractivity contribution in [2.45, 2.75) is 19.1 Å². The zero-order chi connectivity index (χ0) is 17.5. The van der Waals surface area contributed by atoms with E-state index >= 15 is 0 Å². The van der Waals surface area contributed by atoms with Crippen molar-refractivity contribution in [3.63, 3.8) is 0 Å². The summed E-state index contributed by atoms with van der Waals surface area (Å²) in [5.41, 5.74) is 9.01. The van der Waals surface area contributed by atoms with Crippen LogP contribution in [0.1, 0.15) is 22.7 Å². The van der Waals surface area contributed by atoms with E-state index in [1.54, 1.807) is 4.90 Å². The van der Waals surface area contributed by atoms with E-state index in [2.05, 4.69) is 29.6 Å². The Morgan fingerprint density at radius 3 is 2.60 bits per heavy atom. The zero-order valence-corrected chi connectivity index (χ0v) is 14.4. The molecule has 1 aliphatic heterocycles. The Morgan fingerprint density at radius 2 is 1.88 bits per heavy atom. The van der Waals surface area contributed by atoms with Gasteiger partial charge < -0.3 is 20.7 Å². The van der Waals surface area contributed by atoms with Crippen LogP contribution in [0.3, 0.4) is 0 Å². The van der Waals surface area contributed by atoms with Crippen molar-refractivity contribution < 1.29 is 9.53 Å². The summed E-state index contributed by atoms with van der Waals surface area (Å²) in [7, 11) is 0. The molecular weight excluding hydrogens is 314 g/mol. The van der Waals surface area contributed by atoms with Crippen LogP contribution in [0.25, 0.3) is 0 Å². The third-order valence-electron chi connectivity index (χ3n) is 4.45. The summed E-state index contributed by atoms with van der Waals surface area (Å²) in [6.45, 7) is 3.00. The van der Waals surface area contributed by atoms with E-state index < -0.39 is 0 Å². The summed E-state index contributed by atoms with van der Waals surface area (Å²) in [6, 6.07) is 18.3. The van der Waals surface area contributed by atoms with Crippen molar-refractivity contribution in [3.05, 3.63) is 71.3 Å². The molecule has 0 radical (unpaired) electrons. The topological polar surface area (TPSA) is 67.6 Å². The predicted molar refractivity (Wildman–Crippen MR) is 98.1 cm³/mol. The molecule has 1 saturated heterocycles. The van der Waals surface area contributed by atoms with Gasteiger partial charge in [-0.05, 0) is 29.7 Å². The highest BCUT2D eigenvalue weighted by Crippen LogP contribution is 2.19. The minimum atomic E-state index is -0.255. The molecule has 3 N–H and O–H groups in total. The molecule has 0 saturated carbocycles. The summed E-state index contributed by atoms with van der Waals surface area (Å²) in [5.74, 6) is 0. The fraction of sp³-hybridized carbons (Fsp3) is 0.350. The molecular formula is C20H25N3O2. The van der Waals surface area contributed by atoms with E-state index in [0.29, 0.717) is 26.2 Å². The number of benzene rings is 2. The second-order valence-electron chi connectivity index (χ2n) is 6.27. The van der Waals surface area contributed by atoms with Gasteiger partial charge in [-0.3, -0.25) is 0 Å². The second-order valence-corrected chi connectivity index (χ2v) is 6.27. The largest absolute Gasteiger partial charge is 0.445 e. The van der Waals surface area contributed by atoms with Crippen LogP contribution in [0.15, 0.2) is 54.6 Å². The first-order valence-corrected chi connectivity index (χ1v) is 8.74. The number of piperazine rings is 1. The number of amides is 1. The van der Waals surface area contributed by atoms with Crippen LogP contribution >= 0.6 is 0 Å². The molecule has 25 heavy (non-hydrogen) atoms. The van der Waals surface area contributed by atoms with Gasteiger partial charge in [-0.2, -0.15) is 0 Å². The Morgan fingerprint density at radius 1 is 1.12 bits per heavy atom. The molecule has 1 heterocycles. The van der Waals surface area contributed by atoms with E-state index in [0.717, 1.165) is 18.5 Å². The van der Waals surface area contributed by atoms with Gasteiger partial charge in [-0.25, -0.2) is 4.79 Å². The molecule has 2 aromatic rings. The number of hydrogen-bond donors (Lipinski definition) is 2. The van der Waals surface area contributed by atoms with Gasteiger partial charge >= 0.3 is 6.09 Å². The van der Waals surface area contributed by atoms with Crippen molar-refractivity contribution in [1.82, 2.24) is 10.2 Å². The maximum Gasteiger partial charge on any atom is 0.410 e. The molecule has 132 valence electrons. The normalized spacial score (nSPS) is 17.3. The number of nitrogens with zero attached hydrogens (tertiary/aromatic N) is 1. The lowest BCUT2D eigenvalue weighted by molar-refractivity contribution is 0.0850. The molecule has 1 amide bonds. The maximum absolute atomic E-state index is 12.3. The molecule has 0 spiro atoms. The highest BCUT2D eigenvalue weighted by Gasteiger charge is 2.25. The average Bonchev–Trinajstić information content (AvgIpc) is 2.68. The van der Waals surface area contributed by atoms with Gasteiger partial charge in [0.25, 0.3) is 0 Å². The third-order valence-corrected chi connectivity index (χ3v) is 4.45. The SMILES string of the molecule is NCCc1ccc(C2CN(C(=O)OCc3ccccc3)CCN2)cc1. The van der Waals surface area contributed by atoms with Gasteiger partial charge in [0, 0.05) is 19.6 Å². The maximum atomic E-state index is 12.3. The van der Waals surface area contributed by atoms with Crippen molar-refractivity contribution in [3.8, 4) is 0 Å². The molecule has 3 rings (SSSR count). The van der Waals surface area contributed by atoms with Gasteiger partial charge in [-0.1, -0.05) is 54.6 Å². The molecule has 2 aromatic carbocycles. The highest BCUT2D eigenvalue weighted by molar-refractivity contribution is 5.68. The van der Waals surface area contributed by atoms with Crippen LogP contribution in [-0.2, 0) is 17.8 Å². The predicted octanol–water partition coefficient (Wildman–Crippen LogP) is 2.47.